The van der Waals surface area contributed by atoms with Crippen molar-refractivity contribution in [2.24, 2.45) is 5.10 Å². The predicted molar refractivity (Wildman–Crippen MR) is 137 cm³/mol. The number of rotatable bonds is 8. The molecule has 7 heteroatoms. The van der Waals surface area contributed by atoms with E-state index in [1.807, 2.05) is 79.7 Å². The van der Waals surface area contributed by atoms with Gasteiger partial charge in [0.1, 0.15) is 12.4 Å². The van der Waals surface area contributed by atoms with E-state index in [0.29, 0.717) is 30.5 Å². The lowest BCUT2D eigenvalue weighted by molar-refractivity contribution is 0.269. The molecule has 0 saturated carbocycles. The molecule has 0 bridgehead atoms. The Hall–Kier alpha value is -2.90. The number of para-hydroxylation sites is 1. The molecule has 1 heterocycles. The zero-order valence-electron chi connectivity index (χ0n) is 17.4. The van der Waals surface area contributed by atoms with Gasteiger partial charge in [0.2, 0.25) is 0 Å². The van der Waals surface area contributed by atoms with Gasteiger partial charge in [-0.3, -0.25) is 5.43 Å². The van der Waals surface area contributed by atoms with Crippen molar-refractivity contribution < 1.29 is 9.47 Å². The fourth-order valence-electron chi connectivity index (χ4n) is 3.07. The number of hydrazone groups is 1. The van der Waals surface area contributed by atoms with E-state index in [0.717, 1.165) is 31.0 Å². The van der Waals surface area contributed by atoms with Crippen LogP contribution in [0.1, 0.15) is 18.1 Å². The number of fused-ring (bicyclic) bond motifs is 1. The van der Waals surface area contributed by atoms with Crippen LogP contribution >= 0.6 is 31.9 Å². The maximum Gasteiger partial charge on any atom is 0.162 e. The van der Waals surface area contributed by atoms with Crippen LogP contribution in [0, 0.1) is 0 Å². The molecule has 4 aromatic rings. The van der Waals surface area contributed by atoms with Crippen molar-refractivity contribution in [2.75, 3.05) is 12.0 Å². The highest BCUT2D eigenvalue weighted by Crippen LogP contribution is 2.34. The first-order valence-electron chi connectivity index (χ1n) is 10.1. The number of anilines is 1. The van der Waals surface area contributed by atoms with Gasteiger partial charge in [0.05, 0.1) is 18.3 Å². The summed E-state index contributed by atoms with van der Waals surface area (Å²) in [4.78, 5) is 4.56. The summed E-state index contributed by atoms with van der Waals surface area (Å²) in [5, 5.41) is 5.43. The van der Waals surface area contributed by atoms with E-state index in [2.05, 4.69) is 47.4 Å². The highest BCUT2D eigenvalue weighted by Gasteiger charge is 2.11. The molecule has 4 rings (SSSR count). The van der Waals surface area contributed by atoms with Crippen LogP contribution in [-0.4, -0.2) is 17.8 Å². The SMILES string of the molecule is CCOc1cc(/C=N\Nc2ccc3ccccc3n2)c(Br)cc1OCc1ccc(Br)cc1. The van der Waals surface area contributed by atoms with Gasteiger partial charge in [-0.2, -0.15) is 5.10 Å². The first kappa shape index (κ1) is 22.3. The van der Waals surface area contributed by atoms with Gasteiger partial charge in [0, 0.05) is 19.9 Å². The fraction of sp³-hybridized carbons (Fsp3) is 0.120. The van der Waals surface area contributed by atoms with Crippen molar-refractivity contribution in [1.29, 1.82) is 0 Å². The van der Waals surface area contributed by atoms with E-state index < -0.39 is 0 Å². The number of hydrogen-bond donors (Lipinski definition) is 1. The van der Waals surface area contributed by atoms with Gasteiger partial charge in [-0.15, -0.1) is 0 Å². The van der Waals surface area contributed by atoms with Crippen molar-refractivity contribution >= 4 is 54.8 Å². The van der Waals surface area contributed by atoms with Crippen LogP contribution < -0.4 is 14.9 Å². The summed E-state index contributed by atoms with van der Waals surface area (Å²) < 4.78 is 13.7. The van der Waals surface area contributed by atoms with E-state index >= 15 is 0 Å². The molecule has 0 atom stereocenters. The quantitative estimate of drug-likeness (QED) is 0.185. The minimum absolute atomic E-state index is 0.447. The molecular formula is C25H21Br2N3O2. The summed E-state index contributed by atoms with van der Waals surface area (Å²) in [5.41, 5.74) is 5.84. The normalized spacial score (nSPS) is 11.1. The monoisotopic (exact) mass is 553 g/mol. The lowest BCUT2D eigenvalue weighted by Crippen LogP contribution is -2.01. The lowest BCUT2D eigenvalue weighted by Gasteiger charge is -2.14. The Kier molecular flexibility index (Phi) is 7.39. The Balaban J connectivity index is 1.49. The van der Waals surface area contributed by atoms with E-state index in [9.17, 15) is 0 Å². The van der Waals surface area contributed by atoms with Crippen molar-refractivity contribution in [2.45, 2.75) is 13.5 Å². The molecule has 0 spiro atoms. The zero-order valence-corrected chi connectivity index (χ0v) is 20.6. The molecule has 0 saturated heterocycles. The minimum Gasteiger partial charge on any atom is -0.490 e. The number of hydrogen-bond acceptors (Lipinski definition) is 5. The molecule has 162 valence electrons. The maximum atomic E-state index is 6.03. The number of aromatic nitrogens is 1. The Morgan fingerprint density at radius 2 is 1.72 bits per heavy atom. The van der Waals surface area contributed by atoms with Gasteiger partial charge in [-0.05, 0) is 70.9 Å². The van der Waals surface area contributed by atoms with Crippen LogP contribution in [0.2, 0.25) is 0 Å². The molecule has 5 nitrogen and oxygen atoms in total. The Morgan fingerprint density at radius 3 is 2.53 bits per heavy atom. The third-order valence-electron chi connectivity index (χ3n) is 4.65. The smallest absolute Gasteiger partial charge is 0.162 e. The van der Waals surface area contributed by atoms with Crippen molar-refractivity contribution in [3.63, 3.8) is 0 Å². The topological polar surface area (TPSA) is 55.7 Å². The highest BCUT2D eigenvalue weighted by molar-refractivity contribution is 9.10. The largest absolute Gasteiger partial charge is 0.490 e. The zero-order chi connectivity index (χ0) is 22.3. The van der Waals surface area contributed by atoms with Crippen LogP contribution in [0.4, 0.5) is 5.82 Å². The summed E-state index contributed by atoms with van der Waals surface area (Å²) in [5.74, 6) is 2.01. The Labute approximate surface area is 203 Å². The molecule has 1 N–H and O–H groups in total. The maximum absolute atomic E-state index is 6.03. The number of nitrogens with zero attached hydrogens (tertiary/aromatic N) is 2. The number of ether oxygens (including phenoxy) is 2. The third kappa shape index (κ3) is 5.66. The molecule has 0 radical (unpaired) electrons. The summed E-state index contributed by atoms with van der Waals surface area (Å²) >= 11 is 7.06. The van der Waals surface area contributed by atoms with Gasteiger partial charge in [0.25, 0.3) is 0 Å². The molecule has 0 aliphatic heterocycles. The molecule has 0 aliphatic carbocycles. The summed E-state index contributed by atoms with van der Waals surface area (Å²) in [7, 11) is 0. The van der Waals surface area contributed by atoms with Gasteiger partial charge >= 0.3 is 0 Å². The number of nitrogens with one attached hydrogen (secondary N) is 1. The van der Waals surface area contributed by atoms with Gasteiger partial charge in [0.15, 0.2) is 11.5 Å². The van der Waals surface area contributed by atoms with Crippen molar-refractivity contribution in [3.8, 4) is 11.5 Å². The van der Waals surface area contributed by atoms with Crippen LogP contribution in [0.25, 0.3) is 10.9 Å². The molecule has 0 fully saturated rings. The second-order valence-corrected chi connectivity index (χ2v) is 8.70. The molecule has 32 heavy (non-hydrogen) atoms. The standard InChI is InChI=1S/C25H21Br2N3O2/c1-2-31-23-13-19(15-28-30-25-12-9-18-5-3-4-6-22(18)29-25)21(27)14-24(23)32-16-17-7-10-20(26)11-8-17/h3-15H,2,16H2,1H3,(H,29,30)/b28-15-. The number of pyridine rings is 1. The van der Waals surface area contributed by atoms with Crippen LogP contribution in [0.3, 0.4) is 0 Å². The van der Waals surface area contributed by atoms with E-state index in [1.165, 1.54) is 0 Å². The molecule has 0 aliphatic rings. The first-order chi connectivity index (χ1) is 15.6. The van der Waals surface area contributed by atoms with E-state index in [-0.39, 0.29) is 0 Å². The summed E-state index contributed by atoms with van der Waals surface area (Å²) in [6, 6.07) is 23.7. The predicted octanol–water partition coefficient (Wildman–Crippen LogP) is 7.18. The molecule has 1 aromatic heterocycles. The highest BCUT2D eigenvalue weighted by atomic mass is 79.9. The minimum atomic E-state index is 0.447. The van der Waals surface area contributed by atoms with Crippen molar-refractivity contribution in [3.05, 3.63) is 92.9 Å². The van der Waals surface area contributed by atoms with Gasteiger partial charge < -0.3 is 9.47 Å². The fourth-order valence-corrected chi connectivity index (χ4v) is 3.76. The average molecular weight is 555 g/mol. The summed E-state index contributed by atoms with van der Waals surface area (Å²) in [6.07, 6.45) is 1.72. The van der Waals surface area contributed by atoms with Crippen LogP contribution in [0.15, 0.2) is 86.8 Å². The number of halogens is 2. The molecule has 0 unspecified atom stereocenters. The van der Waals surface area contributed by atoms with E-state index in [4.69, 9.17) is 9.47 Å². The second-order valence-electron chi connectivity index (χ2n) is 6.93. The first-order valence-corrected chi connectivity index (χ1v) is 11.7. The lowest BCUT2D eigenvalue weighted by atomic mass is 10.2. The second kappa shape index (κ2) is 10.6. The van der Waals surface area contributed by atoms with Gasteiger partial charge in [-0.25, -0.2) is 4.98 Å². The van der Waals surface area contributed by atoms with Gasteiger partial charge in [-0.1, -0.05) is 46.3 Å². The molecule has 0 amide bonds. The molecular weight excluding hydrogens is 534 g/mol. The van der Waals surface area contributed by atoms with Crippen LogP contribution in [-0.2, 0) is 6.61 Å². The van der Waals surface area contributed by atoms with Crippen LogP contribution in [0.5, 0.6) is 11.5 Å². The summed E-state index contributed by atoms with van der Waals surface area (Å²) in [6.45, 7) is 2.93. The van der Waals surface area contributed by atoms with E-state index in [1.54, 1.807) is 6.21 Å². The Bertz CT molecular complexity index is 1240. The van der Waals surface area contributed by atoms with Crippen molar-refractivity contribution in [1.82, 2.24) is 4.98 Å². The Morgan fingerprint density at radius 1 is 0.938 bits per heavy atom. The third-order valence-corrected chi connectivity index (χ3v) is 5.87. The number of benzene rings is 3. The molecule has 3 aromatic carbocycles. The average Bonchev–Trinajstić information content (AvgIpc) is 2.81.